The fourth-order valence-electron chi connectivity index (χ4n) is 0.243. The average Bonchev–Trinajstić information content (AvgIpc) is 1.61. The predicted molar refractivity (Wildman–Crippen MR) is 35.6 cm³/mol. The molecule has 0 spiro atoms. The van der Waals surface area contributed by atoms with Crippen molar-refractivity contribution in [2.24, 2.45) is 10.7 Å². The van der Waals surface area contributed by atoms with Crippen molar-refractivity contribution in [3.8, 4) is 0 Å². The van der Waals surface area contributed by atoms with E-state index in [1.807, 2.05) is 13.8 Å². The third kappa shape index (κ3) is 5.14. The van der Waals surface area contributed by atoms with Crippen LogP contribution in [0.1, 0.15) is 13.8 Å². The van der Waals surface area contributed by atoms with E-state index in [2.05, 4.69) is 4.99 Å². The van der Waals surface area contributed by atoms with Gasteiger partial charge in [0.25, 0.3) is 0 Å². The van der Waals surface area contributed by atoms with Gasteiger partial charge in [0.15, 0.2) is 0 Å². The maximum Gasteiger partial charge on any atom is 0.113 e. The van der Waals surface area contributed by atoms with E-state index in [0.29, 0.717) is 6.54 Å². The largest absolute Gasteiger partial charge is 0.386 e. The normalized spacial score (nSPS) is 8.25. The van der Waals surface area contributed by atoms with Gasteiger partial charge < -0.3 is 5.73 Å². The van der Waals surface area contributed by atoms with Crippen LogP contribution in [-0.2, 0) is 0 Å². The van der Waals surface area contributed by atoms with E-state index >= 15 is 0 Å². The van der Waals surface area contributed by atoms with Crippen molar-refractivity contribution in [2.75, 3.05) is 6.54 Å². The Labute approximate surface area is 49.1 Å². The molecule has 0 aromatic heterocycles. The van der Waals surface area contributed by atoms with Gasteiger partial charge in [-0.05, 0) is 13.8 Å². The van der Waals surface area contributed by atoms with Gasteiger partial charge in [0, 0.05) is 5.71 Å². The van der Waals surface area contributed by atoms with Crippen LogP contribution < -0.4 is 5.73 Å². The van der Waals surface area contributed by atoms with Crippen molar-refractivity contribution >= 4 is 11.5 Å². The number of aliphatic imine (C=N–C) groups is 1. The minimum atomic E-state index is 0.117. The fraction of sp³-hybridized carbons (Fsp3) is 0.600. The monoisotopic (exact) mass is 113 g/mol. The third-order valence-corrected chi connectivity index (χ3v) is 0.566. The van der Waals surface area contributed by atoms with Crippen LogP contribution in [0.2, 0.25) is 0 Å². The van der Waals surface area contributed by atoms with Gasteiger partial charge in [0.05, 0.1) is 6.54 Å². The molecular formula is C5H11N3. The SMILES string of the molecule is CC(C)=NCC(=N)N. The summed E-state index contributed by atoms with van der Waals surface area (Å²) < 4.78 is 0. The van der Waals surface area contributed by atoms with Crippen LogP contribution in [0.4, 0.5) is 0 Å². The zero-order valence-corrected chi connectivity index (χ0v) is 5.23. The Kier molecular flexibility index (Phi) is 2.84. The molecule has 3 heteroatoms. The Morgan fingerprint density at radius 3 is 2.25 bits per heavy atom. The lowest BCUT2D eigenvalue weighted by Gasteiger charge is -1.89. The Balaban J connectivity index is 3.45. The molecule has 0 aromatic carbocycles. The second-order valence-electron chi connectivity index (χ2n) is 1.79. The predicted octanol–water partition coefficient (Wildman–Crippen LogP) is 0.403. The van der Waals surface area contributed by atoms with Crippen molar-refractivity contribution in [1.29, 1.82) is 5.41 Å². The molecular weight excluding hydrogens is 102 g/mol. The number of nitrogens with two attached hydrogens (primary N) is 1. The molecule has 3 nitrogen and oxygen atoms in total. The summed E-state index contributed by atoms with van der Waals surface area (Å²) >= 11 is 0. The first-order valence-corrected chi connectivity index (χ1v) is 2.43. The molecule has 0 fully saturated rings. The number of rotatable bonds is 2. The summed E-state index contributed by atoms with van der Waals surface area (Å²) in [7, 11) is 0. The molecule has 0 aromatic rings. The Morgan fingerprint density at radius 1 is 1.62 bits per heavy atom. The van der Waals surface area contributed by atoms with E-state index in [-0.39, 0.29) is 5.84 Å². The summed E-state index contributed by atoms with van der Waals surface area (Å²) in [5, 5.41) is 6.76. The number of amidine groups is 1. The standard InChI is InChI=1S/C5H11N3/c1-4(2)8-3-5(6)7/h3H2,1-2H3,(H3,6,7). The van der Waals surface area contributed by atoms with Crippen LogP contribution in [0, 0.1) is 5.41 Å². The van der Waals surface area contributed by atoms with Gasteiger partial charge in [-0.25, -0.2) is 0 Å². The summed E-state index contributed by atoms with van der Waals surface area (Å²) in [5.74, 6) is 0.117. The lowest BCUT2D eigenvalue weighted by Crippen LogP contribution is -2.13. The quantitative estimate of drug-likeness (QED) is 0.395. The van der Waals surface area contributed by atoms with Crippen molar-refractivity contribution in [2.45, 2.75) is 13.8 Å². The second kappa shape index (κ2) is 3.18. The molecule has 0 aliphatic rings. The van der Waals surface area contributed by atoms with Gasteiger partial charge in [-0.1, -0.05) is 0 Å². The minimum absolute atomic E-state index is 0.117. The molecule has 0 unspecified atom stereocenters. The van der Waals surface area contributed by atoms with Gasteiger partial charge >= 0.3 is 0 Å². The highest BCUT2D eigenvalue weighted by atomic mass is 14.8. The number of hydrogen-bond acceptors (Lipinski definition) is 2. The first kappa shape index (κ1) is 7.14. The Hall–Kier alpha value is -0.860. The first-order chi connectivity index (χ1) is 3.63. The summed E-state index contributed by atoms with van der Waals surface area (Å²) in [6.45, 7) is 4.09. The van der Waals surface area contributed by atoms with Crippen molar-refractivity contribution in [3.63, 3.8) is 0 Å². The maximum absolute atomic E-state index is 6.76. The van der Waals surface area contributed by atoms with Crippen molar-refractivity contribution in [3.05, 3.63) is 0 Å². The van der Waals surface area contributed by atoms with E-state index in [9.17, 15) is 0 Å². The highest BCUT2D eigenvalue weighted by Gasteiger charge is 1.81. The van der Waals surface area contributed by atoms with Crippen LogP contribution in [0.25, 0.3) is 0 Å². The molecule has 0 atom stereocenters. The van der Waals surface area contributed by atoms with Crippen LogP contribution in [-0.4, -0.2) is 18.1 Å². The summed E-state index contributed by atoms with van der Waals surface area (Å²) in [5.41, 5.74) is 5.98. The lowest BCUT2D eigenvalue weighted by atomic mass is 10.5. The molecule has 0 amide bonds. The zero-order valence-electron chi connectivity index (χ0n) is 5.23. The summed E-state index contributed by atoms with van der Waals surface area (Å²) in [6.07, 6.45) is 0. The second-order valence-corrected chi connectivity index (χ2v) is 1.79. The topological polar surface area (TPSA) is 62.2 Å². The van der Waals surface area contributed by atoms with Crippen LogP contribution in [0.3, 0.4) is 0 Å². The Bertz CT molecular complexity index is 111. The van der Waals surface area contributed by atoms with Crippen molar-refractivity contribution < 1.29 is 0 Å². The smallest absolute Gasteiger partial charge is 0.113 e. The number of nitrogens with zero attached hydrogens (tertiary/aromatic N) is 1. The fourth-order valence-corrected chi connectivity index (χ4v) is 0.243. The van der Waals surface area contributed by atoms with Gasteiger partial charge in [-0.15, -0.1) is 0 Å². The molecule has 0 radical (unpaired) electrons. The highest BCUT2D eigenvalue weighted by molar-refractivity contribution is 5.84. The molecule has 0 saturated heterocycles. The molecule has 0 bridgehead atoms. The average molecular weight is 113 g/mol. The summed E-state index contributed by atoms with van der Waals surface area (Å²) in [4.78, 5) is 3.89. The third-order valence-electron chi connectivity index (χ3n) is 0.566. The molecule has 0 rings (SSSR count). The lowest BCUT2D eigenvalue weighted by molar-refractivity contribution is 1.22. The number of hydrogen-bond donors (Lipinski definition) is 2. The molecule has 8 heavy (non-hydrogen) atoms. The van der Waals surface area contributed by atoms with Gasteiger partial charge in [0.1, 0.15) is 5.84 Å². The van der Waals surface area contributed by atoms with Crippen LogP contribution in [0.15, 0.2) is 4.99 Å². The van der Waals surface area contributed by atoms with Crippen LogP contribution in [0.5, 0.6) is 0 Å². The Morgan fingerprint density at radius 2 is 2.12 bits per heavy atom. The van der Waals surface area contributed by atoms with Gasteiger partial charge in [-0.3, -0.25) is 10.4 Å². The van der Waals surface area contributed by atoms with E-state index in [1.54, 1.807) is 0 Å². The minimum Gasteiger partial charge on any atom is -0.386 e. The van der Waals surface area contributed by atoms with Gasteiger partial charge in [-0.2, -0.15) is 0 Å². The molecule has 3 N–H and O–H groups in total. The zero-order chi connectivity index (χ0) is 6.57. The highest BCUT2D eigenvalue weighted by Crippen LogP contribution is 1.72. The van der Waals surface area contributed by atoms with Crippen molar-refractivity contribution in [1.82, 2.24) is 0 Å². The number of nitrogens with one attached hydrogen (secondary N) is 1. The molecule has 0 aliphatic carbocycles. The molecule has 46 valence electrons. The van der Waals surface area contributed by atoms with E-state index in [4.69, 9.17) is 11.1 Å². The van der Waals surface area contributed by atoms with Crippen LogP contribution >= 0.6 is 0 Å². The van der Waals surface area contributed by atoms with Gasteiger partial charge in [0.2, 0.25) is 0 Å². The molecule has 0 saturated carbocycles. The summed E-state index contributed by atoms with van der Waals surface area (Å²) in [6, 6.07) is 0. The van der Waals surface area contributed by atoms with E-state index in [0.717, 1.165) is 5.71 Å². The first-order valence-electron chi connectivity index (χ1n) is 2.43. The molecule has 0 heterocycles. The maximum atomic E-state index is 6.76. The van der Waals surface area contributed by atoms with E-state index < -0.39 is 0 Å². The molecule has 0 aliphatic heterocycles. The van der Waals surface area contributed by atoms with E-state index in [1.165, 1.54) is 0 Å².